The number of halogens is 2. The van der Waals surface area contributed by atoms with Gasteiger partial charge in [-0.1, -0.05) is 25.1 Å². The van der Waals surface area contributed by atoms with Gasteiger partial charge < -0.3 is 19.9 Å². The van der Waals surface area contributed by atoms with Gasteiger partial charge in [0.2, 0.25) is 0 Å². The Bertz CT molecular complexity index is 728. The number of aliphatic imine (C=N–C) groups is 1. The fourth-order valence-corrected chi connectivity index (χ4v) is 2.64. The first-order chi connectivity index (χ1) is 12.6. The van der Waals surface area contributed by atoms with Gasteiger partial charge in [0, 0.05) is 32.1 Å². The molecule has 2 N–H and O–H groups in total. The minimum Gasteiger partial charge on any atom is -0.491 e. The molecule has 1 aromatic heterocycles. The molecule has 2 rings (SSSR count). The molecule has 0 fully saturated rings. The van der Waals surface area contributed by atoms with E-state index in [1.807, 2.05) is 26.8 Å². The summed E-state index contributed by atoms with van der Waals surface area (Å²) >= 11 is 0. The smallest absolute Gasteiger partial charge is 0.191 e. The molecule has 8 heteroatoms. The molecule has 2 aromatic rings. The van der Waals surface area contributed by atoms with Crippen LogP contribution in [0.3, 0.4) is 0 Å². The van der Waals surface area contributed by atoms with Crippen molar-refractivity contribution in [3.63, 3.8) is 0 Å². The molecule has 150 valence electrons. The molecule has 0 bridgehead atoms. The number of hydrogen-bond acceptors (Lipinski definition) is 4. The number of aromatic nitrogens is 1. The van der Waals surface area contributed by atoms with Crippen molar-refractivity contribution in [2.45, 2.75) is 46.7 Å². The Labute approximate surface area is 177 Å². The van der Waals surface area contributed by atoms with Gasteiger partial charge in [-0.25, -0.2) is 4.39 Å². The third-order valence-electron chi connectivity index (χ3n) is 4.02. The minimum atomic E-state index is -0.362. The molecule has 0 saturated heterocycles. The Balaban J connectivity index is 0.00000364. The quantitative estimate of drug-likeness (QED) is 0.335. The normalized spacial score (nSPS) is 11.1. The van der Waals surface area contributed by atoms with Crippen molar-refractivity contribution < 1.29 is 13.7 Å². The van der Waals surface area contributed by atoms with Crippen molar-refractivity contribution in [3.05, 3.63) is 46.6 Å². The van der Waals surface area contributed by atoms with E-state index in [0.29, 0.717) is 25.7 Å². The molecule has 1 aromatic carbocycles. The van der Waals surface area contributed by atoms with Crippen molar-refractivity contribution in [3.8, 4) is 5.75 Å². The highest BCUT2D eigenvalue weighted by Crippen LogP contribution is 2.18. The van der Waals surface area contributed by atoms with Crippen molar-refractivity contribution in [1.82, 2.24) is 15.8 Å². The Hall–Kier alpha value is -1.84. The number of hydrogen-bond donors (Lipinski definition) is 2. The molecule has 1 heterocycles. The van der Waals surface area contributed by atoms with Crippen LogP contribution in [0, 0.1) is 5.82 Å². The summed E-state index contributed by atoms with van der Waals surface area (Å²) in [6.07, 6.45) is 1.61. The first-order valence-electron chi connectivity index (χ1n) is 8.94. The summed E-state index contributed by atoms with van der Waals surface area (Å²) in [5.41, 5.74) is 2.84. The van der Waals surface area contributed by atoms with Crippen LogP contribution in [0.1, 0.15) is 43.4 Å². The Morgan fingerprint density at radius 3 is 2.52 bits per heavy atom. The van der Waals surface area contributed by atoms with E-state index in [2.05, 4.69) is 20.8 Å². The maximum absolute atomic E-state index is 13.9. The standard InChI is InChI=1S/C19H27FN4O2.HI/c1-5-16-14(17(6-2)26-24-16)12-23-19(21-4)22-11-13-8-9-18(25-7-3)15(20)10-13;/h8-10H,5-7,11-12H2,1-4H3,(H2,21,22,23);1H. The zero-order valence-electron chi connectivity index (χ0n) is 16.3. The maximum Gasteiger partial charge on any atom is 0.191 e. The summed E-state index contributed by atoms with van der Waals surface area (Å²) in [6, 6.07) is 4.94. The van der Waals surface area contributed by atoms with Crippen LogP contribution in [-0.2, 0) is 25.9 Å². The Morgan fingerprint density at radius 2 is 1.93 bits per heavy atom. The minimum absolute atomic E-state index is 0. The first-order valence-corrected chi connectivity index (χ1v) is 8.94. The van der Waals surface area contributed by atoms with E-state index in [-0.39, 0.29) is 35.5 Å². The first kappa shape index (κ1) is 23.2. The fourth-order valence-electron chi connectivity index (χ4n) is 2.64. The lowest BCUT2D eigenvalue weighted by molar-refractivity contribution is 0.321. The summed E-state index contributed by atoms with van der Waals surface area (Å²) in [5, 5.41) is 10.5. The van der Waals surface area contributed by atoms with Crippen LogP contribution in [0.25, 0.3) is 0 Å². The second-order valence-electron chi connectivity index (χ2n) is 5.72. The average molecular weight is 490 g/mol. The summed E-state index contributed by atoms with van der Waals surface area (Å²) in [5.74, 6) is 1.42. The van der Waals surface area contributed by atoms with Gasteiger partial charge in [0.1, 0.15) is 5.76 Å². The van der Waals surface area contributed by atoms with Crippen molar-refractivity contribution in [1.29, 1.82) is 0 Å². The maximum atomic E-state index is 13.9. The predicted molar refractivity (Wildman–Crippen MR) is 115 cm³/mol. The molecule has 0 aliphatic carbocycles. The van der Waals surface area contributed by atoms with E-state index in [4.69, 9.17) is 9.26 Å². The molecule has 0 aliphatic rings. The summed E-state index contributed by atoms with van der Waals surface area (Å²) in [6.45, 7) is 7.38. The van der Waals surface area contributed by atoms with Gasteiger partial charge in [-0.2, -0.15) is 0 Å². The van der Waals surface area contributed by atoms with Crippen LogP contribution in [-0.4, -0.2) is 24.8 Å². The molecule has 0 saturated carbocycles. The van der Waals surface area contributed by atoms with Gasteiger partial charge in [-0.05, 0) is 31.0 Å². The second kappa shape index (κ2) is 11.8. The van der Waals surface area contributed by atoms with Gasteiger partial charge in [0.15, 0.2) is 17.5 Å². The molecule has 6 nitrogen and oxygen atoms in total. The molecular weight excluding hydrogens is 462 g/mol. The van der Waals surface area contributed by atoms with Crippen molar-refractivity contribution in [2.75, 3.05) is 13.7 Å². The van der Waals surface area contributed by atoms with Crippen LogP contribution in [0.4, 0.5) is 4.39 Å². The molecule has 0 spiro atoms. The number of aryl methyl sites for hydroxylation is 2. The van der Waals surface area contributed by atoms with Crippen LogP contribution in [0.5, 0.6) is 5.75 Å². The lowest BCUT2D eigenvalue weighted by Gasteiger charge is -2.13. The number of guanidine groups is 1. The van der Waals surface area contributed by atoms with Crippen LogP contribution < -0.4 is 15.4 Å². The Morgan fingerprint density at radius 1 is 1.19 bits per heavy atom. The van der Waals surface area contributed by atoms with Gasteiger partial charge in [-0.3, -0.25) is 4.99 Å². The molecule has 0 atom stereocenters. The average Bonchev–Trinajstić information content (AvgIpc) is 3.06. The number of nitrogens with one attached hydrogen (secondary N) is 2. The van der Waals surface area contributed by atoms with E-state index in [1.165, 1.54) is 6.07 Å². The fraction of sp³-hybridized carbons (Fsp3) is 0.474. The lowest BCUT2D eigenvalue weighted by atomic mass is 10.1. The summed E-state index contributed by atoms with van der Waals surface area (Å²) < 4.78 is 24.5. The molecular formula is C19H28FIN4O2. The van der Waals surface area contributed by atoms with E-state index in [9.17, 15) is 4.39 Å². The number of rotatable bonds is 8. The van der Waals surface area contributed by atoms with Crippen LogP contribution in [0.15, 0.2) is 27.7 Å². The van der Waals surface area contributed by atoms with Crippen LogP contribution in [0.2, 0.25) is 0 Å². The third kappa shape index (κ3) is 6.37. The molecule has 0 radical (unpaired) electrons. The largest absolute Gasteiger partial charge is 0.491 e. The number of nitrogens with zero attached hydrogens (tertiary/aromatic N) is 2. The summed E-state index contributed by atoms with van der Waals surface area (Å²) in [7, 11) is 1.70. The van der Waals surface area contributed by atoms with Crippen molar-refractivity contribution >= 4 is 29.9 Å². The van der Waals surface area contributed by atoms with Crippen LogP contribution >= 0.6 is 24.0 Å². The van der Waals surface area contributed by atoms with Gasteiger partial charge in [0.05, 0.1) is 12.3 Å². The zero-order valence-corrected chi connectivity index (χ0v) is 18.6. The topological polar surface area (TPSA) is 71.7 Å². The highest BCUT2D eigenvalue weighted by atomic mass is 127. The highest BCUT2D eigenvalue weighted by molar-refractivity contribution is 14.0. The zero-order chi connectivity index (χ0) is 18.9. The second-order valence-corrected chi connectivity index (χ2v) is 5.72. The van der Waals surface area contributed by atoms with Gasteiger partial charge in [-0.15, -0.1) is 24.0 Å². The van der Waals surface area contributed by atoms with E-state index in [1.54, 1.807) is 13.1 Å². The number of ether oxygens (including phenoxy) is 1. The molecule has 0 amide bonds. The summed E-state index contributed by atoms with van der Waals surface area (Å²) in [4.78, 5) is 4.21. The van der Waals surface area contributed by atoms with E-state index in [0.717, 1.165) is 35.4 Å². The van der Waals surface area contributed by atoms with E-state index < -0.39 is 0 Å². The predicted octanol–water partition coefficient (Wildman–Crippen LogP) is 3.82. The third-order valence-corrected chi connectivity index (χ3v) is 4.02. The SMILES string of the molecule is CCOc1ccc(CNC(=NC)NCc2c(CC)noc2CC)cc1F.I. The lowest BCUT2D eigenvalue weighted by Crippen LogP contribution is -2.36. The van der Waals surface area contributed by atoms with Crippen molar-refractivity contribution in [2.24, 2.45) is 4.99 Å². The van der Waals surface area contributed by atoms with Gasteiger partial charge in [0.25, 0.3) is 0 Å². The van der Waals surface area contributed by atoms with E-state index >= 15 is 0 Å². The Kier molecular flexibility index (Phi) is 10.1. The molecule has 0 aliphatic heterocycles. The van der Waals surface area contributed by atoms with Gasteiger partial charge >= 0.3 is 0 Å². The number of benzene rings is 1. The highest BCUT2D eigenvalue weighted by Gasteiger charge is 2.13. The molecule has 27 heavy (non-hydrogen) atoms. The monoisotopic (exact) mass is 490 g/mol. The molecule has 0 unspecified atom stereocenters.